The molecule has 0 unspecified atom stereocenters. The Morgan fingerprint density at radius 2 is 1.91 bits per heavy atom. The summed E-state index contributed by atoms with van der Waals surface area (Å²) in [5.74, 6) is 0. The highest BCUT2D eigenvalue weighted by Gasteiger charge is 2.20. The number of halogens is 1. The first-order chi connectivity index (χ1) is 11.2. The van der Waals surface area contributed by atoms with Crippen molar-refractivity contribution in [1.82, 2.24) is 9.88 Å². The van der Waals surface area contributed by atoms with Gasteiger partial charge in [0, 0.05) is 44.3 Å². The summed E-state index contributed by atoms with van der Waals surface area (Å²) in [6.45, 7) is 3.03. The van der Waals surface area contributed by atoms with E-state index in [9.17, 15) is 4.79 Å². The molecule has 1 saturated heterocycles. The van der Waals surface area contributed by atoms with Crippen LogP contribution in [0.4, 0.5) is 16.2 Å². The quantitative estimate of drug-likeness (QED) is 0.917. The number of amides is 2. The Hall–Kier alpha value is -2.27. The monoisotopic (exact) mass is 330 g/mol. The summed E-state index contributed by atoms with van der Waals surface area (Å²) in [6.07, 6.45) is 4.30. The number of rotatable bonds is 2. The number of nitrogens with zero attached hydrogens (tertiary/aromatic N) is 3. The molecule has 1 fully saturated rings. The van der Waals surface area contributed by atoms with Crippen molar-refractivity contribution in [2.24, 2.45) is 0 Å². The lowest BCUT2D eigenvalue weighted by molar-refractivity contribution is 0.215. The van der Waals surface area contributed by atoms with E-state index >= 15 is 0 Å². The van der Waals surface area contributed by atoms with E-state index in [2.05, 4.69) is 15.2 Å². The van der Waals surface area contributed by atoms with Crippen molar-refractivity contribution in [3.8, 4) is 0 Å². The van der Waals surface area contributed by atoms with E-state index in [4.69, 9.17) is 11.6 Å². The van der Waals surface area contributed by atoms with Crippen LogP contribution in [0.15, 0.2) is 48.8 Å². The molecule has 1 aromatic carbocycles. The minimum Gasteiger partial charge on any atom is -0.368 e. The predicted molar refractivity (Wildman–Crippen MR) is 93.1 cm³/mol. The SMILES string of the molecule is O=C(Nc1ccccc1)N1CCCN(c2ccncc2Cl)CC1. The summed E-state index contributed by atoms with van der Waals surface area (Å²) in [7, 11) is 0. The third-order valence-electron chi connectivity index (χ3n) is 3.90. The number of hydrogen-bond donors (Lipinski definition) is 1. The predicted octanol–water partition coefficient (Wildman–Crippen LogP) is 3.48. The van der Waals surface area contributed by atoms with E-state index < -0.39 is 0 Å². The van der Waals surface area contributed by atoms with Crippen LogP contribution in [-0.4, -0.2) is 42.1 Å². The summed E-state index contributed by atoms with van der Waals surface area (Å²) in [6, 6.07) is 11.4. The lowest BCUT2D eigenvalue weighted by Gasteiger charge is -2.24. The molecule has 6 heteroatoms. The van der Waals surface area contributed by atoms with Gasteiger partial charge in [-0.3, -0.25) is 4.98 Å². The van der Waals surface area contributed by atoms with Crippen molar-refractivity contribution >= 4 is 29.0 Å². The number of carbonyl (C=O) groups is 1. The minimum atomic E-state index is -0.0566. The van der Waals surface area contributed by atoms with E-state index in [1.54, 1.807) is 12.4 Å². The Labute approximate surface area is 140 Å². The zero-order valence-electron chi connectivity index (χ0n) is 12.8. The van der Waals surface area contributed by atoms with E-state index in [0.29, 0.717) is 11.6 Å². The van der Waals surface area contributed by atoms with Crippen molar-refractivity contribution in [3.63, 3.8) is 0 Å². The fraction of sp³-hybridized carbons (Fsp3) is 0.294. The van der Waals surface area contributed by atoms with Gasteiger partial charge in [-0.05, 0) is 24.6 Å². The number of urea groups is 1. The van der Waals surface area contributed by atoms with Crippen LogP contribution in [0.5, 0.6) is 0 Å². The van der Waals surface area contributed by atoms with E-state index in [0.717, 1.165) is 37.4 Å². The summed E-state index contributed by atoms with van der Waals surface area (Å²) < 4.78 is 0. The summed E-state index contributed by atoms with van der Waals surface area (Å²) in [5.41, 5.74) is 1.79. The molecule has 2 amide bonds. The molecule has 2 aromatic rings. The van der Waals surface area contributed by atoms with Crippen LogP contribution < -0.4 is 10.2 Å². The standard InChI is InChI=1S/C17H19ClN4O/c18-15-13-19-8-7-16(15)21-9-4-10-22(12-11-21)17(23)20-14-5-2-1-3-6-14/h1-3,5-8,13H,4,9-12H2,(H,20,23). The summed E-state index contributed by atoms with van der Waals surface area (Å²) >= 11 is 6.22. The molecule has 0 bridgehead atoms. The second kappa shape index (κ2) is 7.33. The zero-order chi connectivity index (χ0) is 16.1. The van der Waals surface area contributed by atoms with Crippen molar-refractivity contribution in [2.45, 2.75) is 6.42 Å². The van der Waals surface area contributed by atoms with Crippen molar-refractivity contribution in [2.75, 3.05) is 36.4 Å². The molecule has 1 N–H and O–H groups in total. The smallest absolute Gasteiger partial charge is 0.321 e. The van der Waals surface area contributed by atoms with E-state index in [-0.39, 0.29) is 6.03 Å². The highest BCUT2D eigenvalue weighted by atomic mass is 35.5. The maximum absolute atomic E-state index is 12.4. The van der Waals surface area contributed by atoms with Crippen LogP contribution in [0, 0.1) is 0 Å². The molecule has 2 heterocycles. The second-order valence-electron chi connectivity index (χ2n) is 5.45. The maximum atomic E-state index is 12.4. The molecule has 120 valence electrons. The highest BCUT2D eigenvalue weighted by molar-refractivity contribution is 6.33. The number of nitrogens with one attached hydrogen (secondary N) is 1. The van der Waals surface area contributed by atoms with Crippen LogP contribution in [0.1, 0.15) is 6.42 Å². The number of benzene rings is 1. The first-order valence-electron chi connectivity index (χ1n) is 7.69. The highest BCUT2D eigenvalue weighted by Crippen LogP contribution is 2.25. The Morgan fingerprint density at radius 3 is 2.70 bits per heavy atom. The average Bonchev–Trinajstić information content (AvgIpc) is 2.82. The van der Waals surface area contributed by atoms with E-state index in [1.807, 2.05) is 41.3 Å². The molecule has 1 aliphatic rings. The molecule has 1 aromatic heterocycles. The fourth-order valence-electron chi connectivity index (χ4n) is 2.71. The zero-order valence-corrected chi connectivity index (χ0v) is 13.5. The topological polar surface area (TPSA) is 48.5 Å². The van der Waals surface area contributed by atoms with Crippen LogP contribution in [0.25, 0.3) is 0 Å². The maximum Gasteiger partial charge on any atom is 0.321 e. The van der Waals surface area contributed by atoms with Gasteiger partial charge in [-0.15, -0.1) is 0 Å². The molecular formula is C17H19ClN4O. The van der Waals surface area contributed by atoms with Crippen molar-refractivity contribution in [3.05, 3.63) is 53.8 Å². The van der Waals surface area contributed by atoms with Crippen LogP contribution in [0.3, 0.4) is 0 Å². The minimum absolute atomic E-state index is 0.0566. The van der Waals surface area contributed by atoms with Gasteiger partial charge in [-0.1, -0.05) is 29.8 Å². The lowest BCUT2D eigenvalue weighted by Crippen LogP contribution is -2.38. The van der Waals surface area contributed by atoms with Gasteiger partial charge in [0.1, 0.15) is 0 Å². The summed E-state index contributed by atoms with van der Waals surface area (Å²) in [4.78, 5) is 20.5. The number of para-hydroxylation sites is 1. The number of hydrogen-bond acceptors (Lipinski definition) is 3. The molecular weight excluding hydrogens is 312 g/mol. The first-order valence-corrected chi connectivity index (χ1v) is 8.07. The van der Waals surface area contributed by atoms with Gasteiger partial charge in [0.2, 0.25) is 0 Å². The van der Waals surface area contributed by atoms with Gasteiger partial charge in [-0.2, -0.15) is 0 Å². The molecule has 3 rings (SSSR count). The Kier molecular flexibility index (Phi) is 4.98. The fourth-order valence-corrected chi connectivity index (χ4v) is 2.95. The summed E-state index contributed by atoms with van der Waals surface area (Å²) in [5, 5.41) is 3.59. The van der Waals surface area contributed by atoms with Crippen LogP contribution >= 0.6 is 11.6 Å². The van der Waals surface area contributed by atoms with Gasteiger partial charge < -0.3 is 15.1 Å². The van der Waals surface area contributed by atoms with Gasteiger partial charge >= 0.3 is 6.03 Å². The third kappa shape index (κ3) is 3.93. The normalized spacial score (nSPS) is 15.2. The Bertz CT molecular complexity index is 665. The number of aromatic nitrogens is 1. The van der Waals surface area contributed by atoms with E-state index in [1.165, 1.54) is 0 Å². The van der Waals surface area contributed by atoms with Crippen molar-refractivity contribution < 1.29 is 4.79 Å². The first kappa shape index (κ1) is 15.6. The molecule has 0 spiro atoms. The van der Waals surface area contributed by atoms with Gasteiger partial charge in [0.25, 0.3) is 0 Å². The Balaban J connectivity index is 1.62. The van der Waals surface area contributed by atoms with Gasteiger partial charge in [-0.25, -0.2) is 4.79 Å². The average molecular weight is 331 g/mol. The molecule has 0 aliphatic carbocycles. The number of anilines is 2. The van der Waals surface area contributed by atoms with Crippen molar-refractivity contribution in [1.29, 1.82) is 0 Å². The molecule has 0 saturated carbocycles. The number of carbonyl (C=O) groups excluding carboxylic acids is 1. The van der Waals surface area contributed by atoms with Gasteiger partial charge in [0.05, 0.1) is 10.7 Å². The lowest BCUT2D eigenvalue weighted by atomic mass is 10.3. The molecule has 0 radical (unpaired) electrons. The second-order valence-corrected chi connectivity index (χ2v) is 5.86. The molecule has 0 atom stereocenters. The third-order valence-corrected chi connectivity index (χ3v) is 4.19. The van der Waals surface area contributed by atoms with Crippen LogP contribution in [-0.2, 0) is 0 Å². The number of pyridine rings is 1. The molecule has 5 nitrogen and oxygen atoms in total. The van der Waals surface area contributed by atoms with Gasteiger partial charge in [0.15, 0.2) is 0 Å². The van der Waals surface area contributed by atoms with Crippen LogP contribution in [0.2, 0.25) is 5.02 Å². The largest absolute Gasteiger partial charge is 0.368 e. The molecule has 1 aliphatic heterocycles. The molecule has 23 heavy (non-hydrogen) atoms. The Morgan fingerprint density at radius 1 is 1.09 bits per heavy atom.